The van der Waals surface area contributed by atoms with Crippen LogP contribution in [0.3, 0.4) is 0 Å². The number of benzene rings is 2. The number of rotatable bonds is 6. The van der Waals surface area contributed by atoms with Gasteiger partial charge in [0.25, 0.3) is 0 Å². The zero-order valence-corrected chi connectivity index (χ0v) is 16.3. The normalized spacial score (nSPS) is 20.6. The summed E-state index contributed by atoms with van der Waals surface area (Å²) < 4.78 is 26.3. The highest BCUT2D eigenvalue weighted by molar-refractivity contribution is 5.91. The van der Waals surface area contributed by atoms with Crippen LogP contribution in [-0.4, -0.2) is 28.8 Å². The molecule has 5 nitrogen and oxygen atoms in total. The number of alkyl halides is 1. The summed E-state index contributed by atoms with van der Waals surface area (Å²) in [5, 5.41) is 3.91. The molecule has 0 spiro atoms. The second-order valence-corrected chi connectivity index (χ2v) is 7.03. The molecule has 29 heavy (non-hydrogen) atoms. The highest BCUT2D eigenvalue weighted by atomic mass is 19.1. The van der Waals surface area contributed by atoms with Gasteiger partial charge in [0.1, 0.15) is 24.4 Å². The Morgan fingerprint density at radius 3 is 2.69 bits per heavy atom. The third-order valence-electron chi connectivity index (χ3n) is 4.90. The quantitative estimate of drug-likeness (QED) is 0.651. The van der Waals surface area contributed by atoms with Gasteiger partial charge in [-0.25, -0.2) is 14.4 Å². The van der Waals surface area contributed by atoms with Crippen LogP contribution in [0.1, 0.15) is 12.5 Å². The van der Waals surface area contributed by atoms with Crippen LogP contribution in [-0.2, 0) is 6.61 Å². The molecule has 1 aliphatic rings. The Kier molecular flexibility index (Phi) is 5.16. The zero-order valence-electron chi connectivity index (χ0n) is 16.3. The first-order valence-electron chi connectivity index (χ1n) is 9.38. The third kappa shape index (κ3) is 4.06. The van der Waals surface area contributed by atoms with Gasteiger partial charge in [-0.1, -0.05) is 48.6 Å². The molecule has 2 unspecified atom stereocenters. The molecule has 0 aliphatic heterocycles. The second-order valence-electron chi connectivity index (χ2n) is 7.03. The predicted octanol–water partition coefficient (Wildman–Crippen LogP) is 4.85. The summed E-state index contributed by atoms with van der Waals surface area (Å²) in [6, 6.07) is 13.0. The standard InChI is InChI=1S/C23H22FN3O2/c1-23(24)11-7-6-10-21(23)27-22-17-12-19(28-2)20(13-18(17)25-15-26-22)29-14-16-8-4-3-5-9-16/h3-13,15,21H,14H2,1-2H3,(H,25,26,27). The molecule has 2 atom stereocenters. The Hall–Kier alpha value is -3.41. The molecule has 1 N–H and O–H groups in total. The van der Waals surface area contributed by atoms with Crippen LogP contribution >= 0.6 is 0 Å². The minimum absolute atomic E-state index is 0.415. The molecular weight excluding hydrogens is 369 g/mol. The fourth-order valence-corrected chi connectivity index (χ4v) is 3.23. The summed E-state index contributed by atoms with van der Waals surface area (Å²) in [7, 11) is 1.58. The van der Waals surface area contributed by atoms with E-state index >= 15 is 0 Å². The predicted molar refractivity (Wildman–Crippen MR) is 112 cm³/mol. The lowest BCUT2D eigenvalue weighted by atomic mass is 9.94. The van der Waals surface area contributed by atoms with E-state index in [1.165, 1.54) is 19.3 Å². The van der Waals surface area contributed by atoms with Gasteiger partial charge in [0.05, 0.1) is 18.7 Å². The Bertz CT molecular complexity index is 1060. The highest BCUT2D eigenvalue weighted by Gasteiger charge is 2.31. The maximum Gasteiger partial charge on any atom is 0.163 e. The molecular formula is C23H22FN3O2. The van der Waals surface area contributed by atoms with Crippen molar-refractivity contribution in [2.24, 2.45) is 0 Å². The van der Waals surface area contributed by atoms with Gasteiger partial charge in [-0.05, 0) is 24.6 Å². The van der Waals surface area contributed by atoms with Gasteiger partial charge in [0.2, 0.25) is 0 Å². The number of methoxy groups -OCH3 is 1. The van der Waals surface area contributed by atoms with Crippen LogP contribution in [0, 0.1) is 0 Å². The molecule has 0 fully saturated rings. The van der Waals surface area contributed by atoms with E-state index in [4.69, 9.17) is 9.47 Å². The van der Waals surface area contributed by atoms with E-state index in [-0.39, 0.29) is 0 Å². The molecule has 6 heteroatoms. The Morgan fingerprint density at radius 2 is 1.93 bits per heavy atom. The molecule has 0 saturated carbocycles. The number of fused-ring (bicyclic) bond motifs is 1. The average molecular weight is 391 g/mol. The molecule has 148 valence electrons. The largest absolute Gasteiger partial charge is 0.493 e. The number of nitrogens with one attached hydrogen (secondary N) is 1. The summed E-state index contributed by atoms with van der Waals surface area (Å²) >= 11 is 0. The Balaban J connectivity index is 1.64. The van der Waals surface area contributed by atoms with Crippen LogP contribution < -0.4 is 14.8 Å². The monoisotopic (exact) mass is 391 g/mol. The van der Waals surface area contributed by atoms with E-state index in [1.807, 2.05) is 48.5 Å². The molecule has 1 aliphatic carbocycles. The van der Waals surface area contributed by atoms with E-state index in [2.05, 4.69) is 15.3 Å². The lowest BCUT2D eigenvalue weighted by Crippen LogP contribution is -2.39. The lowest BCUT2D eigenvalue weighted by Gasteiger charge is -2.29. The maximum atomic E-state index is 14.8. The minimum Gasteiger partial charge on any atom is -0.493 e. The van der Waals surface area contributed by atoms with Crippen molar-refractivity contribution >= 4 is 16.7 Å². The molecule has 4 rings (SSSR count). The van der Waals surface area contributed by atoms with Crippen molar-refractivity contribution in [1.82, 2.24) is 9.97 Å². The molecule has 2 aromatic carbocycles. The van der Waals surface area contributed by atoms with Crippen molar-refractivity contribution in [3.63, 3.8) is 0 Å². The number of hydrogen-bond donors (Lipinski definition) is 1. The first-order chi connectivity index (χ1) is 14.1. The number of allylic oxidation sites excluding steroid dienone is 2. The van der Waals surface area contributed by atoms with Crippen molar-refractivity contribution in [3.05, 3.63) is 78.7 Å². The molecule has 1 heterocycles. The molecule has 3 aromatic rings. The summed E-state index contributed by atoms with van der Waals surface area (Å²) in [5.41, 5.74) is 0.218. The van der Waals surface area contributed by atoms with E-state index in [9.17, 15) is 4.39 Å². The second kappa shape index (κ2) is 7.91. The molecule has 1 aromatic heterocycles. The first kappa shape index (κ1) is 18.9. The van der Waals surface area contributed by atoms with Crippen molar-refractivity contribution in [2.75, 3.05) is 12.4 Å². The van der Waals surface area contributed by atoms with Gasteiger partial charge < -0.3 is 14.8 Å². The molecule has 0 bridgehead atoms. The van der Waals surface area contributed by atoms with Crippen LogP contribution in [0.4, 0.5) is 10.2 Å². The van der Waals surface area contributed by atoms with Crippen LogP contribution in [0.15, 0.2) is 73.1 Å². The number of halogens is 1. The first-order valence-corrected chi connectivity index (χ1v) is 9.38. The summed E-state index contributed by atoms with van der Waals surface area (Å²) in [6.07, 6.45) is 8.29. The van der Waals surface area contributed by atoms with Crippen LogP contribution in [0.25, 0.3) is 10.9 Å². The molecule has 0 saturated heterocycles. The van der Waals surface area contributed by atoms with Crippen molar-refractivity contribution in [1.29, 1.82) is 0 Å². The Labute approximate surface area is 168 Å². The number of anilines is 1. The highest BCUT2D eigenvalue weighted by Crippen LogP contribution is 2.35. The summed E-state index contributed by atoms with van der Waals surface area (Å²) in [5.74, 6) is 1.69. The van der Waals surface area contributed by atoms with Gasteiger partial charge in [-0.3, -0.25) is 0 Å². The third-order valence-corrected chi connectivity index (χ3v) is 4.90. The molecule has 0 amide bonds. The minimum atomic E-state index is -1.52. The smallest absolute Gasteiger partial charge is 0.163 e. The van der Waals surface area contributed by atoms with Gasteiger partial charge >= 0.3 is 0 Å². The van der Waals surface area contributed by atoms with Crippen LogP contribution in [0.5, 0.6) is 11.5 Å². The lowest BCUT2D eigenvalue weighted by molar-refractivity contribution is 0.241. The van der Waals surface area contributed by atoms with E-state index < -0.39 is 11.7 Å². The SMILES string of the molecule is COc1cc2c(NC3C=CC=CC3(C)F)ncnc2cc1OCc1ccccc1. The topological polar surface area (TPSA) is 56.3 Å². The van der Waals surface area contributed by atoms with E-state index in [1.54, 1.807) is 19.3 Å². The van der Waals surface area contributed by atoms with Gasteiger partial charge in [0, 0.05) is 11.5 Å². The van der Waals surface area contributed by atoms with Crippen LogP contribution in [0.2, 0.25) is 0 Å². The van der Waals surface area contributed by atoms with Crippen molar-refractivity contribution in [2.45, 2.75) is 25.2 Å². The number of nitrogens with zero attached hydrogens (tertiary/aromatic N) is 2. The van der Waals surface area contributed by atoms with Crippen molar-refractivity contribution in [3.8, 4) is 11.5 Å². The average Bonchev–Trinajstić information content (AvgIpc) is 2.74. The number of ether oxygens (including phenoxy) is 2. The van der Waals surface area contributed by atoms with Gasteiger partial charge in [0.15, 0.2) is 11.5 Å². The van der Waals surface area contributed by atoms with E-state index in [0.717, 1.165) is 10.9 Å². The fourth-order valence-electron chi connectivity index (χ4n) is 3.23. The number of aromatic nitrogens is 2. The maximum absolute atomic E-state index is 14.8. The summed E-state index contributed by atoms with van der Waals surface area (Å²) in [6.45, 7) is 1.95. The van der Waals surface area contributed by atoms with E-state index in [0.29, 0.717) is 29.4 Å². The molecule has 0 radical (unpaired) electrons. The zero-order chi connectivity index (χ0) is 20.3. The van der Waals surface area contributed by atoms with Gasteiger partial charge in [-0.15, -0.1) is 0 Å². The van der Waals surface area contributed by atoms with Crippen molar-refractivity contribution < 1.29 is 13.9 Å². The Morgan fingerprint density at radius 1 is 1.10 bits per heavy atom. The fraction of sp³-hybridized carbons (Fsp3) is 0.217. The number of hydrogen-bond acceptors (Lipinski definition) is 5. The van der Waals surface area contributed by atoms with Gasteiger partial charge in [-0.2, -0.15) is 0 Å². The summed E-state index contributed by atoms with van der Waals surface area (Å²) in [4.78, 5) is 8.67.